The number of amides is 1. The Morgan fingerprint density at radius 3 is 2.50 bits per heavy atom. The van der Waals surface area contributed by atoms with E-state index >= 15 is 0 Å². The zero-order chi connectivity index (χ0) is 17.7. The number of carbonyl (C=O) groups excluding carboxylic acids is 1. The summed E-state index contributed by atoms with van der Waals surface area (Å²) in [5.74, 6) is 1.34. The molecule has 0 saturated carbocycles. The molecule has 0 saturated heterocycles. The van der Waals surface area contributed by atoms with Gasteiger partial charge in [0.2, 0.25) is 0 Å². The molecule has 0 atom stereocenters. The highest BCUT2D eigenvalue weighted by atomic mass is 79.9. The van der Waals surface area contributed by atoms with Gasteiger partial charge in [-0.05, 0) is 57.7 Å². The maximum absolute atomic E-state index is 12.0. The van der Waals surface area contributed by atoms with Crippen molar-refractivity contribution in [3.8, 4) is 11.5 Å². The molecule has 2 aromatic rings. The van der Waals surface area contributed by atoms with Crippen molar-refractivity contribution in [1.82, 2.24) is 0 Å². The number of benzene rings is 2. The number of nitrogens with one attached hydrogen (secondary N) is 1. The summed E-state index contributed by atoms with van der Waals surface area (Å²) in [7, 11) is 1.54. The van der Waals surface area contributed by atoms with Crippen LogP contribution in [0.4, 0.5) is 5.69 Å². The Bertz CT molecular complexity index is 734. The van der Waals surface area contributed by atoms with E-state index in [1.165, 1.54) is 12.7 Å². The molecule has 1 N–H and O–H groups in total. The molecule has 128 valence electrons. The summed E-state index contributed by atoms with van der Waals surface area (Å²) >= 11 is 9.50. The van der Waals surface area contributed by atoms with Gasteiger partial charge in [0, 0.05) is 5.69 Å². The van der Waals surface area contributed by atoms with Crippen LogP contribution in [0.2, 0.25) is 5.02 Å². The zero-order valence-electron chi connectivity index (χ0n) is 13.7. The van der Waals surface area contributed by atoms with Gasteiger partial charge in [-0.15, -0.1) is 0 Å². The molecule has 0 aliphatic rings. The predicted octanol–water partition coefficient (Wildman–Crippen LogP) is 5.25. The Morgan fingerprint density at radius 1 is 1.21 bits per heavy atom. The number of methoxy groups -OCH3 is 1. The van der Waals surface area contributed by atoms with Crippen molar-refractivity contribution in [2.45, 2.75) is 19.8 Å². The highest BCUT2D eigenvalue weighted by molar-refractivity contribution is 9.10. The maximum atomic E-state index is 12.0. The lowest BCUT2D eigenvalue weighted by molar-refractivity contribution is -0.118. The monoisotopic (exact) mass is 411 g/mol. The zero-order valence-corrected chi connectivity index (χ0v) is 16.1. The van der Waals surface area contributed by atoms with Crippen LogP contribution in [-0.4, -0.2) is 19.6 Å². The Hall–Kier alpha value is -1.72. The molecule has 4 nitrogen and oxygen atoms in total. The van der Waals surface area contributed by atoms with Crippen LogP contribution in [0.25, 0.3) is 0 Å². The van der Waals surface area contributed by atoms with E-state index in [1.807, 2.05) is 18.2 Å². The van der Waals surface area contributed by atoms with Crippen molar-refractivity contribution in [3.63, 3.8) is 0 Å². The lowest BCUT2D eigenvalue weighted by atomic mass is 10.0. The van der Waals surface area contributed by atoms with E-state index in [4.69, 9.17) is 21.1 Å². The quantitative estimate of drug-likeness (QED) is 0.704. The summed E-state index contributed by atoms with van der Waals surface area (Å²) in [5, 5.41) is 3.17. The molecule has 2 aromatic carbocycles. The molecule has 0 aromatic heterocycles. The van der Waals surface area contributed by atoms with E-state index in [2.05, 4.69) is 35.1 Å². The molecule has 0 bridgehead atoms. The fourth-order valence-electron chi connectivity index (χ4n) is 2.08. The highest BCUT2D eigenvalue weighted by Gasteiger charge is 2.09. The average molecular weight is 413 g/mol. The van der Waals surface area contributed by atoms with Gasteiger partial charge in [0.15, 0.2) is 6.61 Å². The van der Waals surface area contributed by atoms with Gasteiger partial charge in [0.05, 0.1) is 16.6 Å². The minimum absolute atomic E-state index is 0.0940. The molecule has 0 fully saturated rings. The molecular weight excluding hydrogens is 394 g/mol. The SMILES string of the molecule is COc1ccc(NC(=O)COc2ccc(C(C)C)cc2Br)cc1Cl. The molecule has 2 rings (SSSR count). The minimum atomic E-state index is -0.268. The standard InChI is InChI=1S/C18H19BrClNO3/c1-11(2)12-4-6-16(14(19)8-12)24-10-18(22)21-13-5-7-17(23-3)15(20)9-13/h4-9,11H,10H2,1-3H3,(H,21,22). The van der Waals surface area contributed by atoms with Crippen LogP contribution < -0.4 is 14.8 Å². The van der Waals surface area contributed by atoms with Crippen molar-refractivity contribution >= 4 is 39.1 Å². The number of ether oxygens (including phenoxy) is 2. The van der Waals surface area contributed by atoms with E-state index < -0.39 is 0 Å². The maximum Gasteiger partial charge on any atom is 0.262 e. The third-order valence-electron chi connectivity index (χ3n) is 3.42. The molecule has 1 amide bonds. The molecule has 0 radical (unpaired) electrons. The summed E-state index contributed by atoms with van der Waals surface area (Å²) in [5.41, 5.74) is 1.79. The summed E-state index contributed by atoms with van der Waals surface area (Å²) < 4.78 is 11.5. The molecule has 6 heteroatoms. The Morgan fingerprint density at radius 2 is 1.92 bits per heavy atom. The van der Waals surface area contributed by atoms with Crippen LogP contribution in [0, 0.1) is 0 Å². The first kappa shape index (κ1) is 18.6. The first-order valence-corrected chi connectivity index (χ1v) is 8.63. The normalized spacial score (nSPS) is 10.6. The topological polar surface area (TPSA) is 47.6 Å². The number of halogens is 2. The van der Waals surface area contributed by atoms with E-state index in [1.54, 1.807) is 18.2 Å². The van der Waals surface area contributed by atoms with Crippen LogP contribution in [0.3, 0.4) is 0 Å². The van der Waals surface area contributed by atoms with E-state index in [9.17, 15) is 4.79 Å². The fourth-order valence-corrected chi connectivity index (χ4v) is 2.85. The number of carbonyl (C=O) groups is 1. The molecule has 0 unspecified atom stereocenters. The molecule has 0 aliphatic carbocycles. The van der Waals surface area contributed by atoms with Crippen LogP contribution >= 0.6 is 27.5 Å². The third-order valence-corrected chi connectivity index (χ3v) is 4.33. The van der Waals surface area contributed by atoms with Crippen molar-refractivity contribution in [3.05, 3.63) is 51.5 Å². The van der Waals surface area contributed by atoms with Crippen molar-refractivity contribution in [2.24, 2.45) is 0 Å². The highest BCUT2D eigenvalue weighted by Crippen LogP contribution is 2.29. The van der Waals surface area contributed by atoms with Gasteiger partial charge >= 0.3 is 0 Å². The molecule has 0 heterocycles. The van der Waals surface area contributed by atoms with Crippen LogP contribution in [0.1, 0.15) is 25.3 Å². The summed E-state index contributed by atoms with van der Waals surface area (Å²) in [6.07, 6.45) is 0. The molecule has 0 spiro atoms. The summed E-state index contributed by atoms with van der Waals surface area (Å²) in [4.78, 5) is 12.0. The van der Waals surface area contributed by atoms with E-state index in [0.29, 0.717) is 28.1 Å². The van der Waals surface area contributed by atoms with Crippen LogP contribution in [0.15, 0.2) is 40.9 Å². The largest absolute Gasteiger partial charge is 0.495 e. The summed E-state index contributed by atoms with van der Waals surface area (Å²) in [6.45, 7) is 4.15. The van der Waals surface area contributed by atoms with Gasteiger partial charge < -0.3 is 14.8 Å². The number of rotatable bonds is 6. The predicted molar refractivity (Wildman–Crippen MR) is 100 cm³/mol. The number of hydrogen-bond donors (Lipinski definition) is 1. The van der Waals surface area contributed by atoms with Crippen LogP contribution in [-0.2, 0) is 4.79 Å². The second-order valence-electron chi connectivity index (χ2n) is 5.53. The van der Waals surface area contributed by atoms with Gasteiger partial charge in [0.1, 0.15) is 11.5 Å². The Labute approximate surface area is 155 Å². The van der Waals surface area contributed by atoms with Crippen molar-refractivity contribution < 1.29 is 14.3 Å². The second kappa shape index (κ2) is 8.40. The van der Waals surface area contributed by atoms with Crippen molar-refractivity contribution in [1.29, 1.82) is 0 Å². The van der Waals surface area contributed by atoms with E-state index in [0.717, 1.165) is 4.47 Å². The van der Waals surface area contributed by atoms with Crippen molar-refractivity contribution in [2.75, 3.05) is 19.0 Å². The smallest absolute Gasteiger partial charge is 0.262 e. The second-order valence-corrected chi connectivity index (χ2v) is 6.79. The van der Waals surface area contributed by atoms with Gasteiger partial charge in [0.25, 0.3) is 5.91 Å². The van der Waals surface area contributed by atoms with Gasteiger partial charge in [-0.3, -0.25) is 4.79 Å². The lowest BCUT2D eigenvalue weighted by Crippen LogP contribution is -2.20. The van der Waals surface area contributed by atoms with Gasteiger partial charge in [-0.1, -0.05) is 31.5 Å². The first-order valence-electron chi connectivity index (χ1n) is 7.46. The molecular formula is C18H19BrClNO3. The lowest BCUT2D eigenvalue weighted by Gasteiger charge is -2.12. The van der Waals surface area contributed by atoms with Gasteiger partial charge in [-0.25, -0.2) is 0 Å². The minimum Gasteiger partial charge on any atom is -0.495 e. The van der Waals surface area contributed by atoms with Gasteiger partial charge in [-0.2, -0.15) is 0 Å². The third kappa shape index (κ3) is 4.89. The Balaban J connectivity index is 1.95. The fraction of sp³-hybridized carbons (Fsp3) is 0.278. The Kier molecular flexibility index (Phi) is 6.52. The molecule has 24 heavy (non-hydrogen) atoms. The first-order chi connectivity index (χ1) is 11.4. The van der Waals surface area contributed by atoms with E-state index in [-0.39, 0.29) is 12.5 Å². The average Bonchev–Trinajstić information content (AvgIpc) is 2.53. The van der Waals surface area contributed by atoms with Crippen LogP contribution in [0.5, 0.6) is 11.5 Å². The number of hydrogen-bond acceptors (Lipinski definition) is 3. The number of anilines is 1. The molecule has 0 aliphatic heterocycles. The summed E-state index contributed by atoms with van der Waals surface area (Å²) in [6, 6.07) is 10.9.